The van der Waals surface area contributed by atoms with Crippen molar-refractivity contribution in [1.29, 1.82) is 0 Å². The van der Waals surface area contributed by atoms with Crippen molar-refractivity contribution in [1.82, 2.24) is 5.32 Å². The molecule has 0 aromatic carbocycles. The van der Waals surface area contributed by atoms with Gasteiger partial charge in [0.1, 0.15) is 0 Å². The SMILES string of the molecule is CCS(=O)(=O)CCNC1CCOC2(CCSC2)C1. The van der Waals surface area contributed by atoms with E-state index in [1.807, 2.05) is 11.8 Å². The molecule has 0 amide bonds. The van der Waals surface area contributed by atoms with Gasteiger partial charge in [0.15, 0.2) is 9.84 Å². The van der Waals surface area contributed by atoms with Crippen LogP contribution in [0.3, 0.4) is 0 Å². The predicted octanol–water partition coefficient (Wildman–Crippen LogP) is 1.07. The van der Waals surface area contributed by atoms with Crippen molar-refractivity contribution in [2.75, 3.05) is 36.2 Å². The maximum atomic E-state index is 11.4. The van der Waals surface area contributed by atoms with Gasteiger partial charge in [-0.1, -0.05) is 6.92 Å². The molecule has 0 aliphatic carbocycles. The number of hydrogen-bond donors (Lipinski definition) is 1. The maximum Gasteiger partial charge on any atom is 0.151 e. The van der Waals surface area contributed by atoms with Crippen LogP contribution in [-0.4, -0.2) is 56.2 Å². The number of rotatable bonds is 5. The van der Waals surface area contributed by atoms with Gasteiger partial charge in [-0.25, -0.2) is 8.42 Å². The van der Waals surface area contributed by atoms with E-state index in [1.54, 1.807) is 6.92 Å². The van der Waals surface area contributed by atoms with E-state index in [0.717, 1.165) is 31.6 Å². The standard InChI is InChI=1S/C12H23NO3S2/c1-2-18(14,15)8-5-13-11-3-6-16-12(9-11)4-7-17-10-12/h11,13H,2-10H2,1H3. The lowest BCUT2D eigenvalue weighted by Crippen LogP contribution is -2.48. The van der Waals surface area contributed by atoms with Gasteiger partial charge < -0.3 is 10.1 Å². The number of thioether (sulfide) groups is 1. The average molecular weight is 293 g/mol. The summed E-state index contributed by atoms with van der Waals surface area (Å²) in [6.45, 7) is 3.08. The zero-order valence-electron chi connectivity index (χ0n) is 11.0. The molecule has 2 heterocycles. The second kappa shape index (κ2) is 6.11. The minimum atomic E-state index is -2.85. The average Bonchev–Trinajstić information content (AvgIpc) is 2.77. The highest BCUT2D eigenvalue weighted by atomic mass is 32.2. The third kappa shape index (κ3) is 3.85. The lowest BCUT2D eigenvalue weighted by molar-refractivity contribution is -0.0698. The van der Waals surface area contributed by atoms with Gasteiger partial charge in [-0.05, 0) is 25.0 Å². The Morgan fingerprint density at radius 3 is 3.00 bits per heavy atom. The summed E-state index contributed by atoms with van der Waals surface area (Å²) in [6, 6.07) is 0.421. The highest BCUT2D eigenvalue weighted by Crippen LogP contribution is 2.38. The van der Waals surface area contributed by atoms with E-state index < -0.39 is 9.84 Å². The molecule has 0 radical (unpaired) electrons. The predicted molar refractivity (Wildman–Crippen MR) is 76.0 cm³/mol. The van der Waals surface area contributed by atoms with Crippen LogP contribution < -0.4 is 5.32 Å². The Hall–Kier alpha value is 0.220. The van der Waals surface area contributed by atoms with Crippen molar-refractivity contribution in [3.05, 3.63) is 0 Å². The van der Waals surface area contributed by atoms with Crippen LogP contribution in [0.4, 0.5) is 0 Å². The van der Waals surface area contributed by atoms with Crippen LogP contribution in [0.25, 0.3) is 0 Å². The van der Waals surface area contributed by atoms with E-state index in [4.69, 9.17) is 4.74 Å². The summed E-state index contributed by atoms with van der Waals surface area (Å²) in [5.41, 5.74) is 0.0736. The van der Waals surface area contributed by atoms with E-state index in [0.29, 0.717) is 12.6 Å². The molecule has 2 rings (SSSR count). The number of nitrogens with one attached hydrogen (secondary N) is 1. The van der Waals surface area contributed by atoms with E-state index in [9.17, 15) is 8.42 Å². The first kappa shape index (κ1) is 14.6. The summed E-state index contributed by atoms with van der Waals surface area (Å²) in [5.74, 6) is 2.78. The van der Waals surface area contributed by atoms with Gasteiger partial charge in [0.05, 0.1) is 11.4 Å². The Balaban J connectivity index is 1.76. The molecular formula is C12H23NO3S2. The first-order valence-electron chi connectivity index (χ1n) is 6.71. The van der Waals surface area contributed by atoms with Gasteiger partial charge >= 0.3 is 0 Å². The number of ether oxygens (including phenoxy) is 1. The zero-order valence-corrected chi connectivity index (χ0v) is 12.6. The molecule has 0 aromatic heterocycles. The molecule has 1 N–H and O–H groups in total. The van der Waals surface area contributed by atoms with Crippen LogP contribution in [0.1, 0.15) is 26.2 Å². The molecule has 18 heavy (non-hydrogen) atoms. The van der Waals surface area contributed by atoms with Gasteiger partial charge in [0.25, 0.3) is 0 Å². The highest BCUT2D eigenvalue weighted by molar-refractivity contribution is 7.99. The molecule has 2 atom stereocenters. The summed E-state index contributed by atoms with van der Waals surface area (Å²) in [6.07, 6.45) is 3.17. The van der Waals surface area contributed by atoms with Crippen LogP contribution in [0.2, 0.25) is 0 Å². The zero-order chi connectivity index (χ0) is 13.1. The topological polar surface area (TPSA) is 55.4 Å². The van der Waals surface area contributed by atoms with Crippen LogP contribution in [0.5, 0.6) is 0 Å². The van der Waals surface area contributed by atoms with Gasteiger partial charge in [-0.2, -0.15) is 11.8 Å². The largest absolute Gasteiger partial charge is 0.374 e. The van der Waals surface area contributed by atoms with Crippen LogP contribution >= 0.6 is 11.8 Å². The Kier molecular flexibility index (Phi) is 4.97. The van der Waals surface area contributed by atoms with Gasteiger partial charge in [-0.15, -0.1) is 0 Å². The lowest BCUT2D eigenvalue weighted by atomic mass is 9.90. The van der Waals surface area contributed by atoms with Crippen molar-refractivity contribution < 1.29 is 13.2 Å². The fourth-order valence-corrected chi connectivity index (χ4v) is 4.72. The monoisotopic (exact) mass is 293 g/mol. The Labute approximate surface area is 114 Å². The van der Waals surface area contributed by atoms with Crippen LogP contribution in [0, 0.1) is 0 Å². The van der Waals surface area contributed by atoms with E-state index >= 15 is 0 Å². The quantitative estimate of drug-likeness (QED) is 0.821. The van der Waals surface area contributed by atoms with E-state index in [2.05, 4.69) is 5.32 Å². The summed E-state index contributed by atoms with van der Waals surface area (Å²) < 4.78 is 28.8. The van der Waals surface area contributed by atoms with Crippen molar-refractivity contribution in [3.63, 3.8) is 0 Å². The molecule has 2 aliphatic heterocycles. The third-order valence-corrected chi connectivity index (χ3v) is 6.77. The molecule has 0 saturated carbocycles. The minimum Gasteiger partial charge on any atom is -0.374 e. The number of hydrogen-bond acceptors (Lipinski definition) is 5. The molecule has 6 heteroatoms. The molecule has 2 unspecified atom stereocenters. The van der Waals surface area contributed by atoms with E-state index in [-0.39, 0.29) is 17.1 Å². The Morgan fingerprint density at radius 1 is 1.50 bits per heavy atom. The second-order valence-electron chi connectivity index (χ2n) is 5.21. The summed E-state index contributed by atoms with van der Waals surface area (Å²) in [5, 5.41) is 3.39. The first-order chi connectivity index (χ1) is 8.55. The lowest BCUT2D eigenvalue weighted by Gasteiger charge is -2.38. The van der Waals surface area contributed by atoms with E-state index in [1.165, 1.54) is 5.75 Å². The van der Waals surface area contributed by atoms with Crippen molar-refractivity contribution in [3.8, 4) is 0 Å². The molecule has 106 valence electrons. The fraction of sp³-hybridized carbons (Fsp3) is 1.00. The maximum absolute atomic E-state index is 11.4. The Morgan fingerprint density at radius 2 is 2.33 bits per heavy atom. The summed E-state index contributed by atoms with van der Waals surface area (Å²) >= 11 is 1.96. The minimum absolute atomic E-state index is 0.0736. The molecule has 0 bridgehead atoms. The van der Waals surface area contributed by atoms with Crippen LogP contribution in [0.15, 0.2) is 0 Å². The highest BCUT2D eigenvalue weighted by Gasteiger charge is 2.40. The van der Waals surface area contributed by atoms with Gasteiger partial charge in [-0.3, -0.25) is 0 Å². The second-order valence-corrected chi connectivity index (χ2v) is 8.79. The van der Waals surface area contributed by atoms with Gasteiger partial charge in [0, 0.05) is 30.7 Å². The van der Waals surface area contributed by atoms with Crippen LogP contribution in [-0.2, 0) is 14.6 Å². The molecule has 2 saturated heterocycles. The molecule has 2 fully saturated rings. The third-order valence-electron chi connectivity index (χ3n) is 3.85. The summed E-state index contributed by atoms with van der Waals surface area (Å²) in [4.78, 5) is 0. The smallest absolute Gasteiger partial charge is 0.151 e. The number of sulfone groups is 1. The molecule has 1 spiro atoms. The fourth-order valence-electron chi connectivity index (χ4n) is 2.63. The van der Waals surface area contributed by atoms with Crippen molar-refractivity contribution in [2.45, 2.75) is 37.8 Å². The molecule has 4 nitrogen and oxygen atoms in total. The first-order valence-corrected chi connectivity index (χ1v) is 9.68. The molecule has 0 aromatic rings. The normalized spacial score (nSPS) is 33.1. The molecule has 2 aliphatic rings. The Bertz CT molecular complexity index is 364. The van der Waals surface area contributed by atoms with Crippen molar-refractivity contribution >= 4 is 21.6 Å². The molecular weight excluding hydrogens is 270 g/mol. The van der Waals surface area contributed by atoms with Gasteiger partial charge in [0.2, 0.25) is 0 Å². The van der Waals surface area contributed by atoms with Crippen molar-refractivity contribution in [2.24, 2.45) is 0 Å². The summed E-state index contributed by atoms with van der Waals surface area (Å²) in [7, 11) is -2.85.